The van der Waals surface area contributed by atoms with E-state index >= 15 is 0 Å². The van der Waals surface area contributed by atoms with E-state index in [-0.39, 0.29) is 12.1 Å². The minimum Gasteiger partial charge on any atom is -0.444 e. The van der Waals surface area contributed by atoms with Crippen molar-refractivity contribution in [1.29, 1.82) is 0 Å². The van der Waals surface area contributed by atoms with E-state index in [1.165, 1.54) is 56.9 Å². The number of unbranched alkanes of at least 4 members (excludes halogenated alkanes) is 7. The Kier molecular flexibility index (Phi) is 8.83. The number of hydrogen-bond acceptors (Lipinski definition) is 5. The van der Waals surface area contributed by atoms with Gasteiger partial charge in [0.2, 0.25) is 0 Å². The molecule has 0 radical (unpaired) electrons. The number of nitrogens with zero attached hydrogens (tertiary/aromatic N) is 2. The molecule has 0 saturated carbocycles. The summed E-state index contributed by atoms with van der Waals surface area (Å²) in [6, 6.07) is 7.05. The number of fused-ring (bicyclic) bond motifs is 1. The van der Waals surface area contributed by atoms with E-state index in [0.717, 1.165) is 30.5 Å². The first-order valence-electron chi connectivity index (χ1n) is 12.5. The number of carbonyl (C=O) groups is 1. The first kappa shape index (κ1) is 24.4. The molecule has 1 saturated heterocycles. The number of oxazole rings is 1. The molecule has 2 heterocycles. The van der Waals surface area contributed by atoms with E-state index in [2.05, 4.69) is 40.3 Å². The lowest BCUT2D eigenvalue weighted by molar-refractivity contribution is 0.0509. The fourth-order valence-electron chi connectivity index (χ4n) is 4.24. The normalized spacial score (nSPS) is 16.6. The van der Waals surface area contributed by atoms with Crippen molar-refractivity contribution >= 4 is 23.2 Å². The van der Waals surface area contributed by atoms with Crippen LogP contribution in [0.1, 0.15) is 91.0 Å². The highest BCUT2D eigenvalue weighted by Gasteiger charge is 2.28. The fraction of sp³-hybridized carbons (Fsp3) is 0.692. The predicted octanol–water partition coefficient (Wildman–Crippen LogP) is 6.61. The number of amides is 1. The van der Waals surface area contributed by atoms with Gasteiger partial charge in [0.1, 0.15) is 11.1 Å². The Morgan fingerprint density at radius 3 is 2.59 bits per heavy atom. The molecule has 0 unspecified atom stereocenters. The summed E-state index contributed by atoms with van der Waals surface area (Å²) in [7, 11) is 0. The Morgan fingerprint density at radius 2 is 1.88 bits per heavy atom. The average Bonchev–Trinajstić information content (AvgIpc) is 3.34. The van der Waals surface area contributed by atoms with Gasteiger partial charge < -0.3 is 19.4 Å². The van der Waals surface area contributed by atoms with Crippen LogP contribution in [0.15, 0.2) is 22.6 Å². The fourth-order valence-corrected chi connectivity index (χ4v) is 4.24. The van der Waals surface area contributed by atoms with Crippen molar-refractivity contribution in [3.63, 3.8) is 0 Å². The smallest absolute Gasteiger partial charge is 0.407 e. The van der Waals surface area contributed by atoms with Gasteiger partial charge in [-0.2, -0.15) is 4.98 Å². The number of aromatic nitrogens is 1. The zero-order valence-electron chi connectivity index (χ0n) is 20.4. The van der Waals surface area contributed by atoms with Gasteiger partial charge in [0, 0.05) is 13.1 Å². The van der Waals surface area contributed by atoms with Crippen LogP contribution in [0, 0.1) is 0 Å². The van der Waals surface area contributed by atoms with Crippen molar-refractivity contribution in [2.75, 3.05) is 18.0 Å². The number of ether oxygens (including phenoxy) is 1. The number of aryl methyl sites for hydroxylation is 1. The minimum absolute atomic E-state index is 0.0393. The van der Waals surface area contributed by atoms with Crippen LogP contribution in [0.4, 0.5) is 10.8 Å². The highest BCUT2D eigenvalue weighted by Crippen LogP contribution is 2.26. The SMILES string of the molecule is CCCCCCCCCCc1ccc2nc(N3CC[C@@H](NC(=O)OC(C)(C)C)C3)oc2c1. The first-order valence-corrected chi connectivity index (χ1v) is 12.5. The molecular formula is C26H41N3O3. The third kappa shape index (κ3) is 7.72. The van der Waals surface area contributed by atoms with Crippen molar-refractivity contribution in [3.8, 4) is 0 Å². The van der Waals surface area contributed by atoms with Crippen LogP contribution in [-0.4, -0.2) is 35.8 Å². The number of rotatable bonds is 11. The van der Waals surface area contributed by atoms with Gasteiger partial charge in [-0.1, -0.05) is 57.9 Å². The zero-order valence-corrected chi connectivity index (χ0v) is 20.4. The summed E-state index contributed by atoms with van der Waals surface area (Å²) in [5.41, 5.74) is 2.57. The second-order valence-electron chi connectivity index (χ2n) is 10.1. The van der Waals surface area contributed by atoms with E-state index in [0.29, 0.717) is 12.6 Å². The van der Waals surface area contributed by atoms with Crippen LogP contribution in [0.5, 0.6) is 0 Å². The second kappa shape index (κ2) is 11.6. The van der Waals surface area contributed by atoms with Crippen LogP contribution in [0.3, 0.4) is 0 Å². The standard InChI is InChI=1S/C26H41N3O3/c1-5-6-7-8-9-10-11-12-13-20-14-15-22-23(18-20)31-24(28-22)29-17-16-21(19-29)27-25(30)32-26(2,3)4/h14-15,18,21H,5-13,16-17,19H2,1-4H3,(H,27,30)/t21-/m1/s1. The molecule has 1 aliphatic rings. The zero-order chi connectivity index (χ0) is 23.0. The molecule has 3 rings (SSSR count). The van der Waals surface area contributed by atoms with Gasteiger partial charge in [0.15, 0.2) is 5.58 Å². The molecule has 1 N–H and O–H groups in total. The molecule has 1 aromatic carbocycles. The summed E-state index contributed by atoms with van der Waals surface area (Å²) in [4.78, 5) is 18.8. The summed E-state index contributed by atoms with van der Waals surface area (Å²) >= 11 is 0. The molecular weight excluding hydrogens is 402 g/mol. The quantitative estimate of drug-likeness (QED) is 0.396. The van der Waals surface area contributed by atoms with E-state index < -0.39 is 5.60 Å². The molecule has 0 spiro atoms. The molecule has 0 aliphatic carbocycles. The van der Waals surface area contributed by atoms with Crippen LogP contribution in [0.25, 0.3) is 11.1 Å². The Balaban J connectivity index is 1.45. The van der Waals surface area contributed by atoms with Gasteiger partial charge in [0.05, 0.1) is 6.04 Å². The Labute approximate surface area is 193 Å². The molecule has 1 amide bonds. The molecule has 178 valence electrons. The monoisotopic (exact) mass is 443 g/mol. The molecule has 0 bridgehead atoms. The van der Waals surface area contributed by atoms with Gasteiger partial charge in [-0.05, 0) is 57.7 Å². The summed E-state index contributed by atoms with van der Waals surface area (Å²) in [5.74, 6) is 0. The second-order valence-corrected chi connectivity index (χ2v) is 10.1. The first-order chi connectivity index (χ1) is 15.3. The van der Waals surface area contributed by atoms with Gasteiger partial charge in [-0.15, -0.1) is 0 Å². The van der Waals surface area contributed by atoms with Gasteiger partial charge in [0.25, 0.3) is 6.01 Å². The van der Waals surface area contributed by atoms with Crippen molar-refractivity contribution in [3.05, 3.63) is 23.8 Å². The third-order valence-corrected chi connectivity index (χ3v) is 5.94. The average molecular weight is 444 g/mol. The highest BCUT2D eigenvalue weighted by molar-refractivity contribution is 5.75. The van der Waals surface area contributed by atoms with Crippen LogP contribution >= 0.6 is 0 Å². The highest BCUT2D eigenvalue weighted by atomic mass is 16.6. The molecule has 6 nitrogen and oxygen atoms in total. The summed E-state index contributed by atoms with van der Waals surface area (Å²) < 4.78 is 11.4. The van der Waals surface area contributed by atoms with Gasteiger partial charge in [-0.3, -0.25) is 0 Å². The van der Waals surface area contributed by atoms with E-state index in [1.54, 1.807) is 0 Å². The molecule has 1 aromatic heterocycles. The van der Waals surface area contributed by atoms with Crippen molar-refractivity contribution < 1.29 is 13.9 Å². The number of benzene rings is 1. The molecule has 1 atom stereocenters. The lowest BCUT2D eigenvalue weighted by Crippen LogP contribution is -2.40. The number of nitrogens with one attached hydrogen (secondary N) is 1. The topological polar surface area (TPSA) is 67.6 Å². The van der Waals surface area contributed by atoms with Crippen LogP contribution in [-0.2, 0) is 11.2 Å². The number of anilines is 1. The minimum atomic E-state index is -0.491. The van der Waals surface area contributed by atoms with Crippen molar-refractivity contribution in [2.24, 2.45) is 0 Å². The Morgan fingerprint density at radius 1 is 1.16 bits per heavy atom. The summed E-state index contributed by atoms with van der Waals surface area (Å²) in [5, 5.41) is 2.95. The maximum absolute atomic E-state index is 12.0. The lowest BCUT2D eigenvalue weighted by Gasteiger charge is -2.21. The predicted molar refractivity (Wildman–Crippen MR) is 130 cm³/mol. The largest absolute Gasteiger partial charge is 0.444 e. The Hall–Kier alpha value is -2.24. The van der Waals surface area contributed by atoms with Crippen molar-refractivity contribution in [2.45, 2.75) is 104 Å². The van der Waals surface area contributed by atoms with E-state index in [1.807, 2.05) is 20.8 Å². The van der Waals surface area contributed by atoms with Crippen LogP contribution in [0.2, 0.25) is 0 Å². The number of carbonyl (C=O) groups excluding carboxylic acids is 1. The van der Waals surface area contributed by atoms with Gasteiger partial charge >= 0.3 is 6.09 Å². The third-order valence-electron chi connectivity index (χ3n) is 5.94. The Bertz CT molecular complexity index is 856. The maximum Gasteiger partial charge on any atom is 0.407 e. The molecule has 6 heteroatoms. The lowest BCUT2D eigenvalue weighted by atomic mass is 10.0. The van der Waals surface area contributed by atoms with Gasteiger partial charge in [-0.25, -0.2) is 4.79 Å². The molecule has 2 aromatic rings. The maximum atomic E-state index is 12.0. The molecule has 1 fully saturated rings. The van der Waals surface area contributed by atoms with E-state index in [4.69, 9.17) is 9.15 Å². The number of hydrogen-bond donors (Lipinski definition) is 1. The van der Waals surface area contributed by atoms with Crippen molar-refractivity contribution in [1.82, 2.24) is 10.3 Å². The molecule has 1 aliphatic heterocycles. The van der Waals surface area contributed by atoms with E-state index in [9.17, 15) is 4.79 Å². The van der Waals surface area contributed by atoms with Crippen LogP contribution < -0.4 is 10.2 Å². The number of alkyl carbamates (subject to hydrolysis) is 1. The summed E-state index contributed by atoms with van der Waals surface area (Å²) in [6.45, 7) is 9.36. The summed E-state index contributed by atoms with van der Waals surface area (Å²) in [6.07, 6.45) is 12.2. The molecule has 32 heavy (non-hydrogen) atoms.